The highest BCUT2D eigenvalue weighted by Crippen LogP contribution is 2.17. The summed E-state index contributed by atoms with van der Waals surface area (Å²) in [6, 6.07) is 0. The van der Waals surface area contributed by atoms with Gasteiger partial charge in [0.1, 0.15) is 17.5 Å². The van der Waals surface area contributed by atoms with Crippen molar-refractivity contribution >= 4 is 0 Å². The van der Waals surface area contributed by atoms with E-state index in [1.807, 2.05) is 6.92 Å². The van der Waals surface area contributed by atoms with Crippen LogP contribution in [0.5, 0.6) is 0 Å². The molecule has 78 valence electrons. The van der Waals surface area contributed by atoms with Crippen LogP contribution < -0.4 is 5.73 Å². The summed E-state index contributed by atoms with van der Waals surface area (Å²) in [6.45, 7) is 8.74. The van der Waals surface area contributed by atoms with Gasteiger partial charge in [0, 0.05) is 11.8 Å². The molecule has 14 heavy (non-hydrogen) atoms. The fourth-order valence-corrected chi connectivity index (χ4v) is 1.11. The van der Waals surface area contributed by atoms with Crippen LogP contribution in [0.2, 0.25) is 0 Å². The van der Waals surface area contributed by atoms with Crippen LogP contribution in [0.4, 0.5) is 0 Å². The van der Waals surface area contributed by atoms with Gasteiger partial charge in [0.25, 0.3) is 0 Å². The lowest BCUT2D eigenvalue weighted by Crippen LogP contribution is -2.20. The standard InChI is InChI=1S/C10H18N4/c1-7-12-8(5-6-11)14-9(13-7)10(2,3)4/h5-6,11H2,1-4H3. The predicted octanol–water partition coefficient (Wildman–Crippen LogP) is 0.979. The molecule has 0 saturated heterocycles. The average Bonchev–Trinajstić information content (AvgIpc) is 2.02. The lowest BCUT2D eigenvalue weighted by molar-refractivity contribution is 0.531. The molecule has 1 rings (SSSR count). The minimum absolute atomic E-state index is 0.0307. The molecule has 2 N–H and O–H groups in total. The molecule has 0 fully saturated rings. The van der Waals surface area contributed by atoms with Gasteiger partial charge in [-0.05, 0) is 13.5 Å². The fourth-order valence-electron chi connectivity index (χ4n) is 1.11. The molecular formula is C10H18N4. The van der Waals surface area contributed by atoms with Gasteiger partial charge in [-0.1, -0.05) is 20.8 Å². The molecule has 0 aliphatic rings. The average molecular weight is 194 g/mol. The summed E-state index contributed by atoms with van der Waals surface area (Å²) < 4.78 is 0. The molecule has 1 aromatic rings. The van der Waals surface area contributed by atoms with E-state index >= 15 is 0 Å². The van der Waals surface area contributed by atoms with Gasteiger partial charge in [-0.3, -0.25) is 0 Å². The van der Waals surface area contributed by atoms with E-state index in [1.165, 1.54) is 0 Å². The van der Waals surface area contributed by atoms with E-state index in [0.717, 1.165) is 17.5 Å². The quantitative estimate of drug-likeness (QED) is 0.762. The number of rotatable bonds is 2. The van der Waals surface area contributed by atoms with Gasteiger partial charge < -0.3 is 5.73 Å². The van der Waals surface area contributed by atoms with Crippen LogP contribution in [-0.4, -0.2) is 21.5 Å². The molecule has 0 saturated carbocycles. The molecule has 0 unspecified atom stereocenters. The largest absolute Gasteiger partial charge is 0.330 e. The summed E-state index contributed by atoms with van der Waals surface area (Å²) in [6.07, 6.45) is 0.715. The first kappa shape index (κ1) is 11.0. The zero-order valence-corrected chi connectivity index (χ0v) is 9.33. The van der Waals surface area contributed by atoms with Crippen LogP contribution in [0, 0.1) is 6.92 Å². The Hall–Kier alpha value is -1.03. The van der Waals surface area contributed by atoms with Crippen molar-refractivity contribution in [3.8, 4) is 0 Å². The summed E-state index contributed by atoms with van der Waals surface area (Å²) in [5.41, 5.74) is 5.44. The molecule has 4 nitrogen and oxygen atoms in total. The van der Waals surface area contributed by atoms with E-state index in [9.17, 15) is 0 Å². The third-order valence-electron chi connectivity index (χ3n) is 1.83. The van der Waals surface area contributed by atoms with E-state index < -0.39 is 0 Å². The minimum atomic E-state index is -0.0307. The number of hydrogen-bond acceptors (Lipinski definition) is 4. The van der Waals surface area contributed by atoms with Gasteiger partial charge >= 0.3 is 0 Å². The molecule has 1 heterocycles. The highest BCUT2D eigenvalue weighted by atomic mass is 15.0. The van der Waals surface area contributed by atoms with Crippen LogP contribution in [0.15, 0.2) is 0 Å². The fraction of sp³-hybridized carbons (Fsp3) is 0.700. The highest BCUT2D eigenvalue weighted by Gasteiger charge is 2.18. The van der Waals surface area contributed by atoms with Gasteiger partial charge in [-0.15, -0.1) is 0 Å². The first-order valence-corrected chi connectivity index (χ1v) is 4.85. The molecule has 4 heteroatoms. The van der Waals surface area contributed by atoms with E-state index in [1.54, 1.807) is 0 Å². The van der Waals surface area contributed by atoms with Crippen molar-refractivity contribution in [1.29, 1.82) is 0 Å². The van der Waals surface area contributed by atoms with E-state index in [0.29, 0.717) is 13.0 Å². The Bertz CT molecular complexity index is 314. The Balaban J connectivity index is 3.07. The molecule has 1 aromatic heterocycles. The number of nitrogens with two attached hydrogens (primary N) is 1. The Labute approximate surface area is 85.0 Å². The minimum Gasteiger partial charge on any atom is -0.330 e. The number of aryl methyl sites for hydroxylation is 1. The molecule has 0 aliphatic heterocycles. The monoisotopic (exact) mass is 194 g/mol. The summed E-state index contributed by atoms with van der Waals surface area (Å²) >= 11 is 0. The van der Waals surface area contributed by atoms with Crippen molar-refractivity contribution in [1.82, 2.24) is 15.0 Å². The third-order valence-corrected chi connectivity index (χ3v) is 1.83. The smallest absolute Gasteiger partial charge is 0.137 e. The highest BCUT2D eigenvalue weighted by molar-refractivity contribution is 5.05. The Morgan fingerprint density at radius 2 is 1.79 bits per heavy atom. The molecule has 0 aromatic carbocycles. The third kappa shape index (κ3) is 2.73. The van der Waals surface area contributed by atoms with E-state index in [2.05, 4.69) is 35.7 Å². The molecule has 0 aliphatic carbocycles. The van der Waals surface area contributed by atoms with Gasteiger partial charge in [0.05, 0.1) is 0 Å². The van der Waals surface area contributed by atoms with Crippen LogP contribution in [0.25, 0.3) is 0 Å². The van der Waals surface area contributed by atoms with E-state index in [-0.39, 0.29) is 5.41 Å². The molecular weight excluding hydrogens is 176 g/mol. The van der Waals surface area contributed by atoms with E-state index in [4.69, 9.17) is 5.73 Å². The Kier molecular flexibility index (Phi) is 3.16. The normalized spacial score (nSPS) is 11.8. The topological polar surface area (TPSA) is 64.7 Å². The van der Waals surface area contributed by atoms with Crippen molar-refractivity contribution in [3.05, 3.63) is 17.5 Å². The van der Waals surface area contributed by atoms with Crippen molar-refractivity contribution in [2.45, 2.75) is 39.5 Å². The van der Waals surface area contributed by atoms with Crippen LogP contribution in [0.1, 0.15) is 38.2 Å². The Morgan fingerprint density at radius 3 is 2.29 bits per heavy atom. The van der Waals surface area contributed by atoms with Gasteiger partial charge in [0.15, 0.2) is 0 Å². The number of hydrogen-bond donors (Lipinski definition) is 1. The van der Waals surface area contributed by atoms with Crippen LogP contribution in [-0.2, 0) is 11.8 Å². The first-order valence-electron chi connectivity index (χ1n) is 4.85. The number of aromatic nitrogens is 3. The van der Waals surface area contributed by atoms with Crippen molar-refractivity contribution in [3.63, 3.8) is 0 Å². The summed E-state index contributed by atoms with van der Waals surface area (Å²) in [5, 5.41) is 0. The van der Waals surface area contributed by atoms with Crippen molar-refractivity contribution < 1.29 is 0 Å². The van der Waals surface area contributed by atoms with Gasteiger partial charge in [-0.25, -0.2) is 15.0 Å². The van der Waals surface area contributed by atoms with Gasteiger partial charge in [-0.2, -0.15) is 0 Å². The molecule has 0 bridgehead atoms. The lowest BCUT2D eigenvalue weighted by atomic mass is 9.96. The summed E-state index contributed by atoms with van der Waals surface area (Å²) in [7, 11) is 0. The molecule has 0 spiro atoms. The second kappa shape index (κ2) is 4.00. The number of nitrogens with zero attached hydrogens (tertiary/aromatic N) is 3. The zero-order valence-electron chi connectivity index (χ0n) is 9.33. The maximum atomic E-state index is 5.47. The van der Waals surface area contributed by atoms with Crippen LogP contribution in [0.3, 0.4) is 0 Å². The second-order valence-corrected chi connectivity index (χ2v) is 4.41. The zero-order chi connectivity index (χ0) is 10.8. The maximum absolute atomic E-state index is 5.47. The molecule has 0 radical (unpaired) electrons. The van der Waals surface area contributed by atoms with Crippen LogP contribution >= 0.6 is 0 Å². The van der Waals surface area contributed by atoms with Crippen molar-refractivity contribution in [2.75, 3.05) is 6.54 Å². The van der Waals surface area contributed by atoms with Crippen molar-refractivity contribution in [2.24, 2.45) is 5.73 Å². The summed E-state index contributed by atoms with van der Waals surface area (Å²) in [5.74, 6) is 2.41. The second-order valence-electron chi connectivity index (χ2n) is 4.41. The Morgan fingerprint density at radius 1 is 1.14 bits per heavy atom. The maximum Gasteiger partial charge on any atom is 0.137 e. The molecule has 0 amide bonds. The molecule has 0 atom stereocenters. The lowest BCUT2D eigenvalue weighted by Gasteiger charge is -2.17. The SMILES string of the molecule is Cc1nc(CCN)nc(C(C)(C)C)n1. The van der Waals surface area contributed by atoms with Gasteiger partial charge in [0.2, 0.25) is 0 Å². The predicted molar refractivity (Wildman–Crippen MR) is 56.0 cm³/mol. The summed E-state index contributed by atoms with van der Waals surface area (Å²) in [4.78, 5) is 13.0. The first-order chi connectivity index (χ1) is 6.43.